The zero-order chi connectivity index (χ0) is 15.6. The number of benzene rings is 1. The Bertz CT molecular complexity index is 521. The van der Waals surface area contributed by atoms with Gasteiger partial charge in [-0.2, -0.15) is 11.8 Å². The number of hydrogen-bond donors (Lipinski definition) is 0. The van der Waals surface area contributed by atoms with Crippen molar-refractivity contribution in [3.05, 3.63) is 34.4 Å². The standard InChI is InChI=1S/C18H24O2S/c1-11-7-12(2)17(13(3)8-11)18-15(19)9-14(5-6-21-4)10-16(18)20/h7-8,14,18H,5-6,9-10H2,1-4H3. The van der Waals surface area contributed by atoms with Crippen molar-refractivity contribution in [3.8, 4) is 0 Å². The van der Waals surface area contributed by atoms with Gasteiger partial charge in [0.1, 0.15) is 17.5 Å². The van der Waals surface area contributed by atoms with Crippen molar-refractivity contribution in [2.24, 2.45) is 5.92 Å². The summed E-state index contributed by atoms with van der Waals surface area (Å²) >= 11 is 1.78. The van der Waals surface area contributed by atoms with Gasteiger partial charge >= 0.3 is 0 Å². The van der Waals surface area contributed by atoms with E-state index in [0.29, 0.717) is 12.8 Å². The van der Waals surface area contributed by atoms with Crippen LogP contribution in [0.15, 0.2) is 12.1 Å². The van der Waals surface area contributed by atoms with Gasteiger partial charge in [0, 0.05) is 12.8 Å². The molecule has 114 valence electrons. The minimum atomic E-state index is -0.517. The Kier molecular flexibility index (Phi) is 5.26. The SMILES string of the molecule is CSCCC1CC(=O)C(c2c(C)cc(C)cc2C)C(=O)C1. The van der Waals surface area contributed by atoms with E-state index in [0.717, 1.165) is 28.9 Å². The first-order chi connectivity index (χ1) is 9.93. The van der Waals surface area contributed by atoms with Gasteiger partial charge in [0.25, 0.3) is 0 Å². The monoisotopic (exact) mass is 304 g/mol. The number of hydrogen-bond acceptors (Lipinski definition) is 3. The highest BCUT2D eigenvalue weighted by atomic mass is 32.2. The molecule has 0 N–H and O–H groups in total. The van der Waals surface area contributed by atoms with E-state index < -0.39 is 5.92 Å². The first-order valence-corrected chi connectivity index (χ1v) is 8.95. The highest BCUT2D eigenvalue weighted by Crippen LogP contribution is 2.35. The van der Waals surface area contributed by atoms with E-state index in [1.165, 1.54) is 5.56 Å². The van der Waals surface area contributed by atoms with Crippen LogP contribution >= 0.6 is 11.8 Å². The van der Waals surface area contributed by atoms with Crippen LogP contribution in [-0.4, -0.2) is 23.6 Å². The Morgan fingerprint density at radius 3 is 2.05 bits per heavy atom. The lowest BCUT2D eigenvalue weighted by Crippen LogP contribution is -2.33. The summed E-state index contributed by atoms with van der Waals surface area (Å²) in [5, 5.41) is 0. The molecule has 0 radical (unpaired) electrons. The molecule has 0 amide bonds. The van der Waals surface area contributed by atoms with Gasteiger partial charge in [-0.3, -0.25) is 9.59 Å². The summed E-state index contributed by atoms with van der Waals surface area (Å²) in [4.78, 5) is 25.1. The summed E-state index contributed by atoms with van der Waals surface area (Å²) in [7, 11) is 0. The fourth-order valence-corrected chi connectivity index (χ4v) is 4.08. The van der Waals surface area contributed by atoms with E-state index in [2.05, 4.69) is 18.4 Å². The van der Waals surface area contributed by atoms with Crippen molar-refractivity contribution in [3.63, 3.8) is 0 Å². The van der Waals surface area contributed by atoms with E-state index in [1.807, 2.05) is 20.8 Å². The Morgan fingerprint density at radius 2 is 1.57 bits per heavy atom. The number of carbonyl (C=O) groups excluding carboxylic acids is 2. The van der Waals surface area contributed by atoms with Crippen molar-refractivity contribution in [1.29, 1.82) is 0 Å². The molecule has 2 rings (SSSR count). The second kappa shape index (κ2) is 6.78. The second-order valence-electron chi connectivity index (χ2n) is 6.23. The van der Waals surface area contributed by atoms with Crippen LogP contribution < -0.4 is 0 Å². The second-order valence-corrected chi connectivity index (χ2v) is 7.22. The summed E-state index contributed by atoms with van der Waals surface area (Å²) in [6.45, 7) is 6.07. The Labute approximate surface area is 131 Å². The number of Topliss-reactive ketones (excluding diaryl/α,β-unsaturated/α-hetero) is 2. The molecule has 1 aliphatic rings. The summed E-state index contributed by atoms with van der Waals surface area (Å²) in [5.74, 6) is 0.995. The molecule has 21 heavy (non-hydrogen) atoms. The molecule has 0 atom stereocenters. The molecule has 0 aliphatic heterocycles. The molecule has 1 saturated carbocycles. The quantitative estimate of drug-likeness (QED) is 0.789. The predicted molar refractivity (Wildman–Crippen MR) is 89.1 cm³/mol. The van der Waals surface area contributed by atoms with Gasteiger partial charge < -0.3 is 0 Å². The van der Waals surface area contributed by atoms with Gasteiger partial charge in [0.05, 0.1) is 0 Å². The Morgan fingerprint density at radius 1 is 1.05 bits per heavy atom. The summed E-state index contributed by atoms with van der Waals surface area (Å²) < 4.78 is 0. The van der Waals surface area contributed by atoms with Gasteiger partial charge in [-0.05, 0) is 61.8 Å². The third kappa shape index (κ3) is 3.57. The molecule has 1 aliphatic carbocycles. The van der Waals surface area contributed by atoms with Gasteiger partial charge in [0.2, 0.25) is 0 Å². The molecular weight excluding hydrogens is 280 g/mol. The fraction of sp³-hybridized carbons (Fsp3) is 0.556. The van der Waals surface area contributed by atoms with Crippen LogP contribution in [0.4, 0.5) is 0 Å². The molecule has 0 bridgehead atoms. The number of ketones is 2. The molecule has 1 aromatic rings. The van der Waals surface area contributed by atoms with Gasteiger partial charge in [-0.15, -0.1) is 0 Å². The maximum atomic E-state index is 12.5. The van der Waals surface area contributed by atoms with Crippen molar-refractivity contribution in [1.82, 2.24) is 0 Å². The predicted octanol–water partition coefficient (Wildman–Crippen LogP) is 4.00. The number of aryl methyl sites for hydroxylation is 3. The Hall–Kier alpha value is -1.09. The normalized spacial score (nSPS) is 22.7. The lowest BCUT2D eigenvalue weighted by molar-refractivity contribution is -0.133. The largest absolute Gasteiger partial charge is 0.299 e. The maximum absolute atomic E-state index is 12.5. The van der Waals surface area contributed by atoms with Crippen molar-refractivity contribution < 1.29 is 9.59 Å². The zero-order valence-electron chi connectivity index (χ0n) is 13.4. The highest BCUT2D eigenvalue weighted by molar-refractivity contribution is 7.98. The molecule has 2 nitrogen and oxygen atoms in total. The van der Waals surface area contributed by atoms with E-state index in [1.54, 1.807) is 11.8 Å². The van der Waals surface area contributed by atoms with E-state index in [-0.39, 0.29) is 17.5 Å². The van der Waals surface area contributed by atoms with Crippen LogP contribution in [0.5, 0.6) is 0 Å². The first-order valence-electron chi connectivity index (χ1n) is 7.56. The summed E-state index contributed by atoms with van der Waals surface area (Å²) in [6, 6.07) is 4.14. The van der Waals surface area contributed by atoms with E-state index in [9.17, 15) is 9.59 Å². The summed E-state index contributed by atoms with van der Waals surface area (Å²) in [5.41, 5.74) is 4.28. The molecule has 1 aromatic carbocycles. The average Bonchev–Trinajstić information content (AvgIpc) is 2.38. The first kappa shape index (κ1) is 16.3. The van der Waals surface area contributed by atoms with Crippen molar-refractivity contribution in [2.75, 3.05) is 12.0 Å². The van der Waals surface area contributed by atoms with Crippen LogP contribution in [0.2, 0.25) is 0 Å². The van der Waals surface area contributed by atoms with Crippen LogP contribution in [-0.2, 0) is 9.59 Å². The number of rotatable bonds is 4. The molecular formula is C18H24O2S. The van der Waals surface area contributed by atoms with Gasteiger partial charge in [-0.25, -0.2) is 0 Å². The fourth-order valence-electron chi connectivity index (χ4n) is 3.51. The average molecular weight is 304 g/mol. The molecule has 3 heteroatoms. The molecule has 0 spiro atoms. The van der Waals surface area contributed by atoms with E-state index >= 15 is 0 Å². The molecule has 1 fully saturated rings. The van der Waals surface area contributed by atoms with Crippen molar-refractivity contribution >= 4 is 23.3 Å². The molecule has 0 saturated heterocycles. The Balaban J connectivity index is 2.26. The lowest BCUT2D eigenvalue weighted by atomic mass is 9.73. The third-order valence-electron chi connectivity index (χ3n) is 4.38. The van der Waals surface area contributed by atoms with E-state index in [4.69, 9.17) is 0 Å². The molecule has 0 heterocycles. The molecule has 0 unspecified atom stereocenters. The van der Waals surface area contributed by atoms with Gasteiger partial charge in [0.15, 0.2) is 0 Å². The maximum Gasteiger partial charge on any atom is 0.148 e. The lowest BCUT2D eigenvalue weighted by Gasteiger charge is -2.28. The summed E-state index contributed by atoms with van der Waals surface area (Å²) in [6.07, 6.45) is 4.15. The van der Waals surface area contributed by atoms with Crippen LogP contribution in [0, 0.1) is 26.7 Å². The molecule has 0 aromatic heterocycles. The van der Waals surface area contributed by atoms with Gasteiger partial charge in [-0.1, -0.05) is 17.7 Å². The third-order valence-corrected chi connectivity index (χ3v) is 5.02. The van der Waals surface area contributed by atoms with Crippen LogP contribution in [0.3, 0.4) is 0 Å². The topological polar surface area (TPSA) is 34.1 Å². The zero-order valence-corrected chi connectivity index (χ0v) is 14.2. The smallest absolute Gasteiger partial charge is 0.148 e. The van der Waals surface area contributed by atoms with Crippen LogP contribution in [0.1, 0.15) is 47.4 Å². The number of thioether (sulfide) groups is 1. The highest BCUT2D eigenvalue weighted by Gasteiger charge is 2.37. The number of carbonyl (C=O) groups is 2. The van der Waals surface area contributed by atoms with Crippen LogP contribution in [0.25, 0.3) is 0 Å². The minimum absolute atomic E-state index is 0.118. The minimum Gasteiger partial charge on any atom is -0.299 e. The van der Waals surface area contributed by atoms with Crippen molar-refractivity contribution in [2.45, 2.75) is 46.0 Å².